The van der Waals surface area contributed by atoms with Crippen molar-refractivity contribution in [2.24, 2.45) is 0 Å². The van der Waals surface area contributed by atoms with Crippen LogP contribution in [0, 0.1) is 0 Å². The van der Waals surface area contributed by atoms with E-state index in [1.807, 2.05) is 0 Å². The van der Waals surface area contributed by atoms with Crippen LogP contribution in [-0.2, 0) is 15.7 Å². The molecule has 98 valence electrons. The summed E-state index contributed by atoms with van der Waals surface area (Å²) in [6.45, 7) is 0.168. The SMILES string of the molecule is O=C1COC(c2ccc(C(F)(F)F)cc2Br)CN1. The van der Waals surface area contributed by atoms with Crippen LogP contribution < -0.4 is 5.32 Å². The Morgan fingerprint density at radius 3 is 2.61 bits per heavy atom. The highest BCUT2D eigenvalue weighted by atomic mass is 79.9. The number of amides is 1. The monoisotopic (exact) mass is 323 g/mol. The molecule has 0 saturated carbocycles. The zero-order chi connectivity index (χ0) is 13.3. The highest BCUT2D eigenvalue weighted by molar-refractivity contribution is 9.10. The molecule has 1 N–H and O–H groups in total. The topological polar surface area (TPSA) is 38.3 Å². The fraction of sp³-hybridized carbons (Fsp3) is 0.364. The van der Waals surface area contributed by atoms with E-state index >= 15 is 0 Å². The molecule has 7 heteroatoms. The third kappa shape index (κ3) is 2.84. The van der Waals surface area contributed by atoms with Crippen LogP contribution >= 0.6 is 15.9 Å². The van der Waals surface area contributed by atoms with Crippen LogP contribution in [0.3, 0.4) is 0 Å². The van der Waals surface area contributed by atoms with Crippen LogP contribution in [0.2, 0.25) is 0 Å². The molecule has 1 aromatic carbocycles. The number of carbonyl (C=O) groups is 1. The van der Waals surface area contributed by atoms with E-state index in [4.69, 9.17) is 4.74 Å². The Bertz CT molecular complexity index is 466. The quantitative estimate of drug-likeness (QED) is 0.862. The van der Waals surface area contributed by atoms with Gasteiger partial charge in [0.15, 0.2) is 0 Å². The Labute approximate surface area is 109 Å². The second-order valence-electron chi connectivity index (χ2n) is 3.84. The predicted molar refractivity (Wildman–Crippen MR) is 60.8 cm³/mol. The van der Waals surface area contributed by atoms with E-state index in [0.717, 1.165) is 12.1 Å². The Balaban J connectivity index is 2.22. The maximum atomic E-state index is 12.5. The molecule has 2 rings (SSSR count). The van der Waals surface area contributed by atoms with Gasteiger partial charge in [-0.2, -0.15) is 13.2 Å². The Morgan fingerprint density at radius 1 is 1.39 bits per heavy atom. The zero-order valence-electron chi connectivity index (χ0n) is 9.05. The number of carbonyl (C=O) groups excluding carboxylic acids is 1. The van der Waals surface area contributed by atoms with Crippen LogP contribution in [0.4, 0.5) is 13.2 Å². The maximum absolute atomic E-state index is 12.5. The molecule has 0 spiro atoms. The molecule has 1 unspecified atom stereocenters. The van der Waals surface area contributed by atoms with Crippen LogP contribution in [0.25, 0.3) is 0 Å². The molecule has 1 fully saturated rings. The molecule has 1 heterocycles. The second-order valence-corrected chi connectivity index (χ2v) is 4.69. The molecule has 1 amide bonds. The summed E-state index contributed by atoms with van der Waals surface area (Å²) in [4.78, 5) is 10.9. The summed E-state index contributed by atoms with van der Waals surface area (Å²) >= 11 is 3.10. The fourth-order valence-corrected chi connectivity index (χ4v) is 2.29. The van der Waals surface area contributed by atoms with Gasteiger partial charge in [0, 0.05) is 11.0 Å². The van der Waals surface area contributed by atoms with Crippen LogP contribution in [-0.4, -0.2) is 19.1 Å². The number of rotatable bonds is 1. The lowest BCUT2D eigenvalue weighted by Crippen LogP contribution is -2.38. The van der Waals surface area contributed by atoms with Crippen molar-refractivity contribution in [2.45, 2.75) is 12.3 Å². The molecule has 0 radical (unpaired) electrons. The molecule has 3 nitrogen and oxygen atoms in total. The Morgan fingerprint density at radius 2 is 2.11 bits per heavy atom. The van der Waals surface area contributed by atoms with E-state index in [0.29, 0.717) is 10.0 Å². The molecule has 1 saturated heterocycles. The average molecular weight is 324 g/mol. The minimum Gasteiger partial charge on any atom is -0.362 e. The lowest BCUT2D eigenvalue weighted by atomic mass is 10.1. The number of benzene rings is 1. The largest absolute Gasteiger partial charge is 0.416 e. The summed E-state index contributed by atoms with van der Waals surface area (Å²) in [6, 6.07) is 3.37. The van der Waals surface area contributed by atoms with Gasteiger partial charge in [-0.05, 0) is 17.7 Å². The lowest BCUT2D eigenvalue weighted by Gasteiger charge is -2.24. The van der Waals surface area contributed by atoms with Gasteiger partial charge in [-0.25, -0.2) is 0 Å². The molecule has 18 heavy (non-hydrogen) atoms. The van der Waals surface area contributed by atoms with Crippen molar-refractivity contribution >= 4 is 21.8 Å². The third-order valence-corrected chi connectivity index (χ3v) is 3.26. The molecule has 1 atom stereocenters. The van der Waals surface area contributed by atoms with E-state index in [9.17, 15) is 18.0 Å². The first kappa shape index (κ1) is 13.4. The van der Waals surface area contributed by atoms with Crippen LogP contribution in [0.5, 0.6) is 0 Å². The van der Waals surface area contributed by atoms with E-state index < -0.39 is 17.8 Å². The van der Waals surface area contributed by atoms with E-state index in [2.05, 4.69) is 21.2 Å². The van der Waals surface area contributed by atoms with Crippen molar-refractivity contribution in [3.05, 3.63) is 33.8 Å². The molecular formula is C11H9BrF3NO2. The first-order valence-corrected chi connectivity index (χ1v) is 5.92. The fourth-order valence-electron chi connectivity index (χ4n) is 1.66. The first-order valence-electron chi connectivity index (χ1n) is 5.13. The van der Waals surface area contributed by atoms with Crippen molar-refractivity contribution in [1.29, 1.82) is 0 Å². The van der Waals surface area contributed by atoms with E-state index in [1.54, 1.807) is 0 Å². The highest BCUT2D eigenvalue weighted by Gasteiger charge is 2.31. The van der Waals surface area contributed by atoms with E-state index in [1.165, 1.54) is 6.07 Å². The number of ether oxygens (including phenoxy) is 1. The average Bonchev–Trinajstić information content (AvgIpc) is 2.29. The molecule has 0 bridgehead atoms. The summed E-state index contributed by atoms with van der Waals surface area (Å²) in [7, 11) is 0. The van der Waals surface area contributed by atoms with Crippen LogP contribution in [0.15, 0.2) is 22.7 Å². The Hall–Kier alpha value is -1.08. The van der Waals surface area contributed by atoms with Gasteiger partial charge in [-0.15, -0.1) is 0 Å². The number of nitrogens with one attached hydrogen (secondary N) is 1. The minimum atomic E-state index is -4.37. The van der Waals surface area contributed by atoms with Crippen molar-refractivity contribution in [3.63, 3.8) is 0 Å². The van der Waals surface area contributed by atoms with Gasteiger partial charge in [0.1, 0.15) is 12.7 Å². The second kappa shape index (κ2) is 4.89. The summed E-state index contributed by atoms with van der Waals surface area (Å²) < 4.78 is 43.0. The molecule has 0 aromatic heterocycles. The summed E-state index contributed by atoms with van der Waals surface area (Å²) in [5.74, 6) is -0.228. The summed E-state index contributed by atoms with van der Waals surface area (Å²) in [6.07, 6.45) is -4.80. The molecule has 1 aliphatic rings. The van der Waals surface area contributed by atoms with Gasteiger partial charge in [0.25, 0.3) is 0 Å². The van der Waals surface area contributed by atoms with Crippen molar-refractivity contribution < 1.29 is 22.7 Å². The first-order chi connectivity index (χ1) is 8.38. The molecule has 1 aromatic rings. The number of hydrogen-bond donors (Lipinski definition) is 1. The Kier molecular flexibility index (Phi) is 3.63. The van der Waals surface area contributed by atoms with Crippen LogP contribution in [0.1, 0.15) is 17.2 Å². The minimum absolute atomic E-state index is 0.0852. The van der Waals surface area contributed by atoms with Gasteiger partial charge in [0.05, 0.1) is 5.56 Å². The van der Waals surface area contributed by atoms with E-state index in [-0.39, 0.29) is 19.1 Å². The summed E-state index contributed by atoms with van der Waals surface area (Å²) in [5, 5.41) is 2.60. The van der Waals surface area contributed by atoms with Gasteiger partial charge >= 0.3 is 6.18 Å². The third-order valence-electron chi connectivity index (χ3n) is 2.57. The van der Waals surface area contributed by atoms with Gasteiger partial charge < -0.3 is 10.1 Å². The number of halogens is 4. The molecular weight excluding hydrogens is 315 g/mol. The van der Waals surface area contributed by atoms with Crippen molar-refractivity contribution in [2.75, 3.05) is 13.2 Å². The smallest absolute Gasteiger partial charge is 0.362 e. The number of hydrogen-bond acceptors (Lipinski definition) is 2. The van der Waals surface area contributed by atoms with Gasteiger partial charge in [-0.3, -0.25) is 4.79 Å². The summed E-state index contributed by atoms with van der Waals surface area (Å²) in [5.41, 5.74) is -0.138. The zero-order valence-corrected chi connectivity index (χ0v) is 10.6. The van der Waals surface area contributed by atoms with Gasteiger partial charge in [0.2, 0.25) is 5.91 Å². The lowest BCUT2D eigenvalue weighted by molar-refractivity contribution is -0.137. The molecule has 1 aliphatic heterocycles. The number of alkyl halides is 3. The standard InChI is InChI=1S/C11H9BrF3NO2/c12-8-3-6(11(13,14)15)1-2-7(8)9-4-16-10(17)5-18-9/h1-3,9H,4-5H2,(H,16,17). The maximum Gasteiger partial charge on any atom is 0.416 e. The normalized spacial score (nSPS) is 20.7. The number of morpholine rings is 1. The highest BCUT2D eigenvalue weighted by Crippen LogP contribution is 2.34. The predicted octanol–water partition coefficient (Wildman–Crippen LogP) is 2.66. The molecule has 0 aliphatic carbocycles. The van der Waals surface area contributed by atoms with Gasteiger partial charge in [-0.1, -0.05) is 22.0 Å². The van der Waals surface area contributed by atoms with Crippen molar-refractivity contribution in [3.8, 4) is 0 Å². The van der Waals surface area contributed by atoms with Crippen molar-refractivity contribution in [1.82, 2.24) is 5.32 Å².